The highest BCUT2D eigenvalue weighted by molar-refractivity contribution is 5.78. The van der Waals surface area contributed by atoms with E-state index >= 15 is 0 Å². The number of methoxy groups -OCH3 is 2. The summed E-state index contributed by atoms with van der Waals surface area (Å²) in [5.74, 6) is 2.35. The van der Waals surface area contributed by atoms with Crippen LogP contribution >= 0.6 is 0 Å². The highest BCUT2D eigenvalue weighted by atomic mass is 16.5. The minimum Gasteiger partial charge on any atom is -0.493 e. The van der Waals surface area contributed by atoms with Crippen molar-refractivity contribution in [1.29, 1.82) is 0 Å². The van der Waals surface area contributed by atoms with Gasteiger partial charge in [-0.25, -0.2) is 9.89 Å². The number of ether oxygens (including phenoxy) is 2. The maximum Gasteiger partial charge on any atom is 0.340 e. The van der Waals surface area contributed by atoms with Crippen LogP contribution in [-0.2, 0) is 33.6 Å². The minimum absolute atomic E-state index is 0.0174. The lowest BCUT2D eigenvalue weighted by Crippen LogP contribution is -2.60. The number of benzene rings is 1. The molecule has 42 heavy (non-hydrogen) atoms. The van der Waals surface area contributed by atoms with Crippen molar-refractivity contribution in [2.45, 2.75) is 70.3 Å². The van der Waals surface area contributed by atoms with Crippen molar-refractivity contribution in [3.05, 3.63) is 39.6 Å². The van der Waals surface area contributed by atoms with Crippen molar-refractivity contribution >= 4 is 17.7 Å². The van der Waals surface area contributed by atoms with Gasteiger partial charge in [-0.05, 0) is 67.6 Å². The maximum atomic E-state index is 13.8. The molecule has 2 saturated heterocycles. The summed E-state index contributed by atoms with van der Waals surface area (Å²) in [6.07, 6.45) is 5.91. The van der Waals surface area contributed by atoms with Crippen LogP contribution in [0.2, 0.25) is 0 Å². The Labute approximate surface area is 245 Å². The molecule has 1 aromatic carbocycles. The number of aromatic amines is 2. The van der Waals surface area contributed by atoms with Gasteiger partial charge < -0.3 is 24.6 Å². The summed E-state index contributed by atoms with van der Waals surface area (Å²) in [6, 6.07) is 4.02. The third-order valence-electron chi connectivity index (χ3n) is 8.86. The first kappa shape index (κ1) is 29.7. The lowest BCUT2D eigenvalue weighted by Gasteiger charge is -2.51. The predicted octanol–water partition coefficient (Wildman–Crippen LogP) is 1.59. The van der Waals surface area contributed by atoms with Gasteiger partial charge in [-0.3, -0.25) is 19.4 Å². The Balaban J connectivity index is 1.31. The van der Waals surface area contributed by atoms with E-state index in [1.54, 1.807) is 14.2 Å². The molecular formula is C30H42N6O6. The third-order valence-corrected chi connectivity index (χ3v) is 8.86. The van der Waals surface area contributed by atoms with Gasteiger partial charge in [-0.1, -0.05) is 6.07 Å². The number of carbonyl (C=O) groups is 3. The highest BCUT2D eigenvalue weighted by Gasteiger charge is 2.43. The Kier molecular flexibility index (Phi) is 9.48. The first-order valence-corrected chi connectivity index (χ1v) is 15.1. The fourth-order valence-electron chi connectivity index (χ4n) is 6.91. The molecule has 3 amide bonds. The molecule has 2 fully saturated rings. The smallest absolute Gasteiger partial charge is 0.340 e. The number of carbonyl (C=O) groups excluding carboxylic acids is 3. The van der Waals surface area contributed by atoms with Crippen molar-refractivity contribution in [3.8, 4) is 11.5 Å². The Morgan fingerprint density at radius 2 is 1.88 bits per heavy atom. The first-order valence-electron chi connectivity index (χ1n) is 15.1. The summed E-state index contributed by atoms with van der Waals surface area (Å²) in [5.41, 5.74) is 1.65. The van der Waals surface area contributed by atoms with E-state index in [0.717, 1.165) is 36.8 Å². The number of amides is 3. The average molecular weight is 583 g/mol. The van der Waals surface area contributed by atoms with E-state index in [2.05, 4.69) is 26.6 Å². The standard InChI is InChI=1S/C30H42N6O6/c1-41-24-15-19-8-10-28(39)36-17-20-14-22(18-35(16-20)27(38)11-9-25-32-30(40)34-33-25)23(36)6-3-7-26(37)31-12-4-5-21(13-19)29(24)42-2/h13,15,20,22-23H,3-12,14,16-18H2,1-2H3,(H,31,37)(H2,32,33,34,40)/t20-,22-,23-/m0/s1. The van der Waals surface area contributed by atoms with Crippen molar-refractivity contribution in [3.63, 3.8) is 0 Å². The number of hydrogen-bond acceptors (Lipinski definition) is 7. The SMILES string of the molecule is COc1cc2cc(c1OC)CCCNC(=O)CCC[C@H]1[C@H]3C[C@@H](CN(C(=O)CCc4n[nH]c(=O)[nH]4)C3)CN1C(=O)CC2. The molecule has 3 atom stereocenters. The number of piperidine rings is 2. The molecule has 0 spiro atoms. The van der Waals surface area contributed by atoms with Gasteiger partial charge in [-0.15, -0.1) is 0 Å². The number of nitrogens with one attached hydrogen (secondary N) is 3. The van der Waals surface area contributed by atoms with Crippen LogP contribution in [0.3, 0.4) is 0 Å². The van der Waals surface area contributed by atoms with E-state index in [1.807, 2.05) is 15.9 Å². The molecule has 4 bridgehead atoms. The van der Waals surface area contributed by atoms with Crippen molar-refractivity contribution < 1.29 is 23.9 Å². The summed E-state index contributed by atoms with van der Waals surface area (Å²) in [4.78, 5) is 57.4. The fraction of sp³-hybridized carbons (Fsp3) is 0.633. The van der Waals surface area contributed by atoms with Crippen LogP contribution in [0.25, 0.3) is 0 Å². The zero-order chi connectivity index (χ0) is 29.6. The van der Waals surface area contributed by atoms with Gasteiger partial charge in [0, 0.05) is 57.9 Å². The first-order chi connectivity index (χ1) is 20.3. The second-order valence-corrected chi connectivity index (χ2v) is 11.7. The number of aromatic nitrogens is 3. The summed E-state index contributed by atoms with van der Waals surface area (Å²) < 4.78 is 11.2. The van der Waals surface area contributed by atoms with E-state index < -0.39 is 0 Å². The predicted molar refractivity (Wildman–Crippen MR) is 154 cm³/mol. The van der Waals surface area contributed by atoms with Crippen LogP contribution in [0, 0.1) is 11.8 Å². The number of aryl methyl sites for hydroxylation is 3. The zero-order valence-corrected chi connectivity index (χ0v) is 24.6. The molecule has 0 radical (unpaired) electrons. The molecule has 5 rings (SSSR count). The van der Waals surface area contributed by atoms with Crippen LogP contribution in [-0.4, -0.2) is 89.1 Å². The van der Waals surface area contributed by atoms with Crippen molar-refractivity contribution in [2.75, 3.05) is 40.4 Å². The number of H-pyrrole nitrogens is 2. The van der Waals surface area contributed by atoms with Crippen LogP contribution in [0.4, 0.5) is 0 Å². The number of hydrogen-bond donors (Lipinski definition) is 3. The number of nitrogens with zero attached hydrogens (tertiary/aromatic N) is 3. The Morgan fingerprint density at radius 3 is 2.64 bits per heavy atom. The molecule has 3 N–H and O–H groups in total. The highest BCUT2D eigenvalue weighted by Crippen LogP contribution is 2.37. The molecule has 3 aliphatic rings. The van der Waals surface area contributed by atoms with Gasteiger partial charge in [0.25, 0.3) is 0 Å². The largest absolute Gasteiger partial charge is 0.493 e. The van der Waals surface area contributed by atoms with Crippen molar-refractivity contribution in [2.24, 2.45) is 11.8 Å². The zero-order valence-electron chi connectivity index (χ0n) is 24.6. The van der Waals surface area contributed by atoms with Gasteiger partial charge in [0.1, 0.15) is 5.82 Å². The summed E-state index contributed by atoms with van der Waals surface area (Å²) >= 11 is 0. The van der Waals surface area contributed by atoms with Crippen LogP contribution < -0.4 is 20.5 Å². The Hall–Kier alpha value is -3.83. The summed E-state index contributed by atoms with van der Waals surface area (Å²) in [5, 5.41) is 9.28. The molecule has 4 heterocycles. The van der Waals surface area contributed by atoms with E-state index in [-0.39, 0.29) is 47.7 Å². The molecule has 2 aromatic rings. The molecule has 0 saturated carbocycles. The van der Waals surface area contributed by atoms with Gasteiger partial charge >= 0.3 is 5.69 Å². The molecule has 0 unspecified atom stereocenters. The molecule has 0 aliphatic carbocycles. The maximum absolute atomic E-state index is 13.8. The van der Waals surface area contributed by atoms with Gasteiger partial charge in [0.05, 0.1) is 14.2 Å². The van der Waals surface area contributed by atoms with Gasteiger partial charge in [0.2, 0.25) is 17.7 Å². The summed E-state index contributed by atoms with van der Waals surface area (Å²) in [6.45, 7) is 2.40. The molecule has 228 valence electrons. The van der Waals surface area contributed by atoms with E-state index in [0.29, 0.717) is 75.6 Å². The topological polar surface area (TPSA) is 150 Å². The summed E-state index contributed by atoms with van der Waals surface area (Å²) in [7, 11) is 3.24. The Bertz CT molecular complexity index is 1340. The molecule has 3 aliphatic heterocycles. The molecule has 12 nitrogen and oxygen atoms in total. The van der Waals surface area contributed by atoms with Gasteiger partial charge in [-0.2, -0.15) is 5.10 Å². The number of rotatable bonds is 5. The second-order valence-electron chi connectivity index (χ2n) is 11.7. The fourth-order valence-corrected chi connectivity index (χ4v) is 6.91. The molecule has 1 aromatic heterocycles. The lowest BCUT2D eigenvalue weighted by atomic mass is 9.77. The monoisotopic (exact) mass is 582 g/mol. The molecular weight excluding hydrogens is 540 g/mol. The number of fused-ring (bicyclic) bond motifs is 6. The van der Waals surface area contributed by atoms with E-state index in [1.165, 1.54) is 0 Å². The van der Waals surface area contributed by atoms with Crippen LogP contribution in [0.1, 0.15) is 61.9 Å². The van der Waals surface area contributed by atoms with Crippen LogP contribution in [0.5, 0.6) is 11.5 Å². The number of likely N-dealkylation sites (tertiary alicyclic amines) is 1. The van der Waals surface area contributed by atoms with E-state index in [4.69, 9.17) is 9.47 Å². The van der Waals surface area contributed by atoms with Crippen LogP contribution in [0.15, 0.2) is 16.9 Å². The normalized spacial score (nSPS) is 23.6. The third kappa shape index (κ3) is 6.96. The Morgan fingerprint density at radius 1 is 1.02 bits per heavy atom. The molecule has 12 heteroatoms. The minimum atomic E-state index is -0.380. The van der Waals surface area contributed by atoms with Gasteiger partial charge in [0.15, 0.2) is 11.5 Å². The van der Waals surface area contributed by atoms with E-state index in [9.17, 15) is 19.2 Å². The quantitative estimate of drug-likeness (QED) is 0.485. The second kappa shape index (κ2) is 13.4. The van der Waals surface area contributed by atoms with Crippen molar-refractivity contribution in [1.82, 2.24) is 30.3 Å². The lowest BCUT2D eigenvalue weighted by molar-refractivity contribution is -0.145. The average Bonchev–Trinajstić information content (AvgIpc) is 3.41.